The second-order valence-electron chi connectivity index (χ2n) is 5.06. The van der Waals surface area contributed by atoms with Gasteiger partial charge >= 0.3 is 0 Å². The van der Waals surface area contributed by atoms with Crippen LogP contribution in [-0.2, 0) is 0 Å². The highest BCUT2D eigenvalue weighted by Crippen LogP contribution is 2.36. The van der Waals surface area contributed by atoms with Crippen LogP contribution in [-0.4, -0.2) is 0 Å². The van der Waals surface area contributed by atoms with Crippen LogP contribution in [0.5, 0.6) is 0 Å². The van der Waals surface area contributed by atoms with Crippen molar-refractivity contribution in [1.29, 1.82) is 0 Å². The maximum atomic E-state index is 3.90. The molecular formula is C16H25Br. The van der Waals surface area contributed by atoms with Gasteiger partial charge in [-0.2, -0.15) is 0 Å². The van der Waals surface area contributed by atoms with Crippen LogP contribution in [0.1, 0.15) is 61.0 Å². The lowest BCUT2D eigenvalue weighted by Gasteiger charge is -2.22. The summed E-state index contributed by atoms with van der Waals surface area (Å²) in [4.78, 5) is 0.512. The van der Waals surface area contributed by atoms with Crippen LogP contribution < -0.4 is 0 Å². The lowest BCUT2D eigenvalue weighted by Crippen LogP contribution is -2.07. The molecule has 0 N–H and O–H groups in total. The molecule has 0 nitrogen and oxygen atoms in total. The third kappa shape index (κ3) is 4.13. The summed E-state index contributed by atoms with van der Waals surface area (Å²) in [6.07, 6.45) is 5.22. The number of hydrogen-bond donors (Lipinski definition) is 0. The van der Waals surface area contributed by atoms with Gasteiger partial charge in [-0.1, -0.05) is 67.2 Å². The minimum Gasteiger partial charge on any atom is -0.0836 e. The Bertz CT molecular complexity index is 343. The van der Waals surface area contributed by atoms with E-state index in [0.29, 0.717) is 4.83 Å². The molecule has 0 aliphatic carbocycles. The van der Waals surface area contributed by atoms with Gasteiger partial charge in [-0.05, 0) is 42.9 Å². The molecule has 1 aromatic carbocycles. The van der Waals surface area contributed by atoms with Crippen molar-refractivity contribution < 1.29 is 0 Å². The van der Waals surface area contributed by atoms with Crippen LogP contribution in [0.2, 0.25) is 0 Å². The molecule has 1 aromatic rings. The number of halogens is 1. The molecule has 0 amide bonds. The summed E-state index contributed by atoms with van der Waals surface area (Å²) in [6.45, 7) is 8.95. The molecule has 2 unspecified atom stereocenters. The molecule has 17 heavy (non-hydrogen) atoms. The van der Waals surface area contributed by atoms with E-state index in [1.807, 2.05) is 0 Å². The van der Waals surface area contributed by atoms with Crippen LogP contribution in [0.15, 0.2) is 18.2 Å². The number of aryl methyl sites for hydroxylation is 2. The number of hydrogen-bond acceptors (Lipinski definition) is 0. The van der Waals surface area contributed by atoms with Gasteiger partial charge in [-0.25, -0.2) is 0 Å². The Balaban J connectivity index is 2.78. The molecule has 0 aliphatic rings. The van der Waals surface area contributed by atoms with Crippen molar-refractivity contribution in [3.63, 3.8) is 0 Å². The Morgan fingerprint density at radius 2 is 1.82 bits per heavy atom. The number of alkyl halides is 1. The lowest BCUT2D eigenvalue weighted by molar-refractivity contribution is 0.446. The van der Waals surface area contributed by atoms with E-state index in [2.05, 4.69) is 61.8 Å². The van der Waals surface area contributed by atoms with Crippen molar-refractivity contribution in [2.75, 3.05) is 0 Å². The van der Waals surface area contributed by atoms with Gasteiger partial charge in [0.15, 0.2) is 0 Å². The van der Waals surface area contributed by atoms with E-state index in [9.17, 15) is 0 Å². The third-order valence-electron chi connectivity index (χ3n) is 3.72. The smallest absolute Gasteiger partial charge is 0.0423 e. The van der Waals surface area contributed by atoms with Crippen molar-refractivity contribution in [2.45, 2.75) is 58.2 Å². The van der Waals surface area contributed by atoms with Crippen molar-refractivity contribution in [3.8, 4) is 0 Å². The summed E-state index contributed by atoms with van der Waals surface area (Å²) in [5.41, 5.74) is 4.23. The maximum Gasteiger partial charge on any atom is 0.0423 e. The van der Waals surface area contributed by atoms with Crippen molar-refractivity contribution >= 4 is 15.9 Å². The number of rotatable bonds is 6. The molecule has 0 bridgehead atoms. The van der Waals surface area contributed by atoms with Gasteiger partial charge in [-0.15, -0.1) is 0 Å². The van der Waals surface area contributed by atoms with E-state index in [-0.39, 0.29) is 0 Å². The number of benzene rings is 1. The molecule has 0 fully saturated rings. The highest BCUT2D eigenvalue weighted by atomic mass is 79.9. The van der Waals surface area contributed by atoms with Crippen molar-refractivity contribution in [2.24, 2.45) is 5.92 Å². The molecule has 0 spiro atoms. The topological polar surface area (TPSA) is 0 Å². The molecule has 0 saturated heterocycles. The van der Waals surface area contributed by atoms with E-state index in [0.717, 1.165) is 5.92 Å². The van der Waals surface area contributed by atoms with Gasteiger partial charge in [-0.3, -0.25) is 0 Å². The zero-order valence-electron chi connectivity index (χ0n) is 11.6. The summed E-state index contributed by atoms with van der Waals surface area (Å²) in [5, 5.41) is 0. The summed E-state index contributed by atoms with van der Waals surface area (Å²) < 4.78 is 0. The molecule has 2 atom stereocenters. The van der Waals surface area contributed by atoms with E-state index >= 15 is 0 Å². The lowest BCUT2D eigenvalue weighted by atomic mass is 9.91. The van der Waals surface area contributed by atoms with Gasteiger partial charge in [0.2, 0.25) is 0 Å². The maximum absolute atomic E-state index is 3.90. The molecule has 1 rings (SSSR count). The van der Waals surface area contributed by atoms with E-state index in [1.165, 1.54) is 42.4 Å². The largest absolute Gasteiger partial charge is 0.0836 e. The molecule has 0 aliphatic heterocycles. The average molecular weight is 297 g/mol. The fourth-order valence-corrected chi connectivity index (χ4v) is 3.15. The Hall–Kier alpha value is -0.300. The highest BCUT2D eigenvalue weighted by molar-refractivity contribution is 9.09. The first-order chi connectivity index (χ1) is 8.10. The van der Waals surface area contributed by atoms with E-state index in [1.54, 1.807) is 0 Å². The molecular weight excluding hydrogens is 272 g/mol. The highest BCUT2D eigenvalue weighted by Gasteiger charge is 2.18. The predicted molar refractivity (Wildman–Crippen MR) is 80.9 cm³/mol. The van der Waals surface area contributed by atoms with E-state index in [4.69, 9.17) is 0 Å². The van der Waals surface area contributed by atoms with Gasteiger partial charge in [0, 0.05) is 4.83 Å². The fraction of sp³-hybridized carbons (Fsp3) is 0.625. The van der Waals surface area contributed by atoms with E-state index < -0.39 is 0 Å². The molecule has 0 radical (unpaired) electrons. The van der Waals surface area contributed by atoms with Gasteiger partial charge in [0.25, 0.3) is 0 Å². The molecule has 1 heteroatoms. The van der Waals surface area contributed by atoms with Crippen LogP contribution in [0.4, 0.5) is 0 Å². The zero-order valence-corrected chi connectivity index (χ0v) is 13.2. The van der Waals surface area contributed by atoms with Crippen LogP contribution in [0.25, 0.3) is 0 Å². The third-order valence-corrected chi connectivity index (χ3v) is 4.99. The van der Waals surface area contributed by atoms with Crippen LogP contribution >= 0.6 is 15.9 Å². The zero-order chi connectivity index (χ0) is 12.8. The Labute approximate surface area is 115 Å². The minimum absolute atomic E-state index is 0.512. The minimum atomic E-state index is 0.512. The standard InChI is InChI=1S/C16H25Br/c1-5-7-8-14(6-2)16(17)15-10-9-12(3)13(4)11-15/h9-11,14,16H,5-8H2,1-4H3. The fourth-order valence-electron chi connectivity index (χ4n) is 2.23. The Morgan fingerprint density at radius 1 is 1.12 bits per heavy atom. The summed E-state index contributed by atoms with van der Waals surface area (Å²) >= 11 is 3.90. The van der Waals surface area contributed by atoms with Gasteiger partial charge in [0.05, 0.1) is 0 Å². The molecule has 96 valence electrons. The van der Waals surface area contributed by atoms with Crippen molar-refractivity contribution in [1.82, 2.24) is 0 Å². The Morgan fingerprint density at radius 3 is 2.35 bits per heavy atom. The van der Waals surface area contributed by atoms with Gasteiger partial charge in [0.1, 0.15) is 0 Å². The van der Waals surface area contributed by atoms with Gasteiger partial charge < -0.3 is 0 Å². The second-order valence-corrected chi connectivity index (χ2v) is 6.04. The molecule has 0 aromatic heterocycles. The normalized spacial score (nSPS) is 14.6. The first-order valence-electron chi connectivity index (χ1n) is 6.81. The second kappa shape index (κ2) is 7.20. The first kappa shape index (κ1) is 14.8. The van der Waals surface area contributed by atoms with Crippen LogP contribution in [0.3, 0.4) is 0 Å². The summed E-state index contributed by atoms with van der Waals surface area (Å²) in [5.74, 6) is 0.761. The molecule has 0 saturated carbocycles. The van der Waals surface area contributed by atoms with Crippen molar-refractivity contribution in [3.05, 3.63) is 34.9 Å². The summed E-state index contributed by atoms with van der Waals surface area (Å²) in [6, 6.07) is 6.85. The Kier molecular flexibility index (Phi) is 6.26. The summed E-state index contributed by atoms with van der Waals surface area (Å²) in [7, 11) is 0. The monoisotopic (exact) mass is 296 g/mol. The molecule has 0 heterocycles. The number of unbranched alkanes of at least 4 members (excludes halogenated alkanes) is 1. The first-order valence-corrected chi connectivity index (χ1v) is 7.72. The average Bonchev–Trinajstić information content (AvgIpc) is 2.33. The van der Waals surface area contributed by atoms with Crippen LogP contribution in [0, 0.1) is 19.8 Å². The predicted octanol–water partition coefficient (Wildman–Crippen LogP) is 5.96. The quantitative estimate of drug-likeness (QED) is 0.569. The SMILES string of the molecule is CCCCC(CC)C(Br)c1ccc(C)c(C)c1.